The number of hydrogen-bond acceptors (Lipinski definition) is 3. The summed E-state index contributed by atoms with van der Waals surface area (Å²) in [5.41, 5.74) is 0.775. The Labute approximate surface area is 84.7 Å². The van der Waals surface area contributed by atoms with E-state index in [0.29, 0.717) is 6.61 Å². The molecule has 0 aliphatic carbocycles. The fourth-order valence-electron chi connectivity index (χ4n) is 1.47. The van der Waals surface area contributed by atoms with E-state index in [1.54, 1.807) is 18.6 Å². The molecule has 1 heterocycles. The molecule has 1 aromatic rings. The fraction of sp³-hybridized carbons (Fsp3) is 0.636. The zero-order valence-corrected chi connectivity index (χ0v) is 8.93. The van der Waals surface area contributed by atoms with Crippen LogP contribution in [0.15, 0.2) is 23.0 Å². The summed E-state index contributed by atoms with van der Waals surface area (Å²) in [7, 11) is 0. The molecule has 3 nitrogen and oxygen atoms in total. The number of rotatable bonds is 5. The first-order valence-corrected chi connectivity index (χ1v) is 4.98. The molecule has 1 aromatic heterocycles. The second kappa shape index (κ2) is 5.17. The molecule has 0 fully saturated rings. The smallest absolute Gasteiger partial charge is 0.108 e. The van der Waals surface area contributed by atoms with E-state index < -0.39 is 6.10 Å². The Morgan fingerprint density at radius 1 is 1.50 bits per heavy atom. The molecule has 0 aliphatic rings. The Hall–Kier alpha value is -0.800. The Bertz CT molecular complexity index is 241. The molecule has 0 radical (unpaired) electrons. The molecule has 80 valence electrons. The maximum Gasteiger partial charge on any atom is 0.108 e. The standard InChI is InChI=1S/C11H18O3/c1-4-14-11(8(2)3)10(12)9-5-6-13-7-9/h5-8,10-12H,4H2,1-3H3. The van der Waals surface area contributed by atoms with Crippen molar-refractivity contribution in [1.29, 1.82) is 0 Å². The lowest BCUT2D eigenvalue weighted by Gasteiger charge is -2.25. The lowest BCUT2D eigenvalue weighted by Crippen LogP contribution is -2.27. The quantitative estimate of drug-likeness (QED) is 0.789. The molecule has 1 rings (SSSR count). The van der Waals surface area contributed by atoms with E-state index in [-0.39, 0.29) is 12.0 Å². The minimum atomic E-state index is -0.603. The molecule has 2 atom stereocenters. The van der Waals surface area contributed by atoms with E-state index in [0.717, 1.165) is 5.56 Å². The van der Waals surface area contributed by atoms with E-state index in [1.165, 1.54) is 0 Å². The molecule has 0 saturated heterocycles. The Balaban J connectivity index is 2.68. The van der Waals surface area contributed by atoms with Crippen LogP contribution in [0, 0.1) is 5.92 Å². The van der Waals surface area contributed by atoms with Gasteiger partial charge in [-0.3, -0.25) is 0 Å². The van der Waals surface area contributed by atoms with Gasteiger partial charge in [0.1, 0.15) is 6.10 Å². The number of furan rings is 1. The third-order valence-corrected chi connectivity index (χ3v) is 2.21. The van der Waals surface area contributed by atoms with Crippen molar-refractivity contribution in [2.75, 3.05) is 6.61 Å². The minimum Gasteiger partial charge on any atom is -0.472 e. The van der Waals surface area contributed by atoms with Crippen LogP contribution in [0.4, 0.5) is 0 Å². The van der Waals surface area contributed by atoms with Gasteiger partial charge < -0.3 is 14.3 Å². The SMILES string of the molecule is CCOC(C(C)C)C(O)c1ccoc1. The molecule has 14 heavy (non-hydrogen) atoms. The lowest BCUT2D eigenvalue weighted by molar-refractivity contribution is -0.0587. The van der Waals surface area contributed by atoms with Gasteiger partial charge in [0.25, 0.3) is 0 Å². The maximum atomic E-state index is 9.99. The van der Waals surface area contributed by atoms with Gasteiger partial charge in [0.05, 0.1) is 18.6 Å². The molecule has 2 unspecified atom stereocenters. The highest BCUT2D eigenvalue weighted by molar-refractivity contribution is 5.11. The topological polar surface area (TPSA) is 42.6 Å². The predicted octanol–water partition coefficient (Wildman–Crippen LogP) is 2.37. The van der Waals surface area contributed by atoms with Gasteiger partial charge >= 0.3 is 0 Å². The zero-order valence-electron chi connectivity index (χ0n) is 8.93. The first kappa shape index (κ1) is 11.3. The summed E-state index contributed by atoms with van der Waals surface area (Å²) in [5, 5.41) is 9.99. The minimum absolute atomic E-state index is 0.169. The third-order valence-electron chi connectivity index (χ3n) is 2.21. The summed E-state index contributed by atoms with van der Waals surface area (Å²) < 4.78 is 10.4. The van der Waals surface area contributed by atoms with Gasteiger partial charge in [-0.2, -0.15) is 0 Å². The predicted molar refractivity (Wildman–Crippen MR) is 53.9 cm³/mol. The molecule has 0 aliphatic heterocycles. The zero-order chi connectivity index (χ0) is 10.6. The van der Waals surface area contributed by atoms with Crippen LogP contribution >= 0.6 is 0 Å². The Kier molecular flexibility index (Phi) is 4.17. The molecule has 3 heteroatoms. The van der Waals surface area contributed by atoms with Crippen molar-refractivity contribution in [3.05, 3.63) is 24.2 Å². The van der Waals surface area contributed by atoms with E-state index in [1.807, 2.05) is 20.8 Å². The van der Waals surface area contributed by atoms with Crippen LogP contribution in [0.3, 0.4) is 0 Å². The van der Waals surface area contributed by atoms with Crippen LogP contribution in [0.1, 0.15) is 32.4 Å². The summed E-state index contributed by atoms with van der Waals surface area (Å²) in [6.07, 6.45) is 2.34. The number of hydrogen-bond donors (Lipinski definition) is 1. The molecule has 0 amide bonds. The summed E-state index contributed by atoms with van der Waals surface area (Å²) in [6, 6.07) is 1.76. The van der Waals surface area contributed by atoms with Gasteiger partial charge in [-0.25, -0.2) is 0 Å². The van der Waals surface area contributed by atoms with Crippen molar-refractivity contribution < 1.29 is 14.3 Å². The van der Waals surface area contributed by atoms with Crippen LogP contribution in [-0.4, -0.2) is 17.8 Å². The average Bonchev–Trinajstić information content (AvgIpc) is 2.65. The summed E-state index contributed by atoms with van der Waals surface area (Å²) in [4.78, 5) is 0. The largest absolute Gasteiger partial charge is 0.472 e. The monoisotopic (exact) mass is 198 g/mol. The van der Waals surface area contributed by atoms with Crippen LogP contribution in [-0.2, 0) is 4.74 Å². The highest BCUT2D eigenvalue weighted by atomic mass is 16.5. The fourth-order valence-corrected chi connectivity index (χ4v) is 1.47. The molecule has 0 bridgehead atoms. The van der Waals surface area contributed by atoms with Gasteiger partial charge in [-0.15, -0.1) is 0 Å². The van der Waals surface area contributed by atoms with Gasteiger partial charge in [0.15, 0.2) is 0 Å². The Morgan fingerprint density at radius 3 is 2.64 bits per heavy atom. The Morgan fingerprint density at radius 2 is 2.21 bits per heavy atom. The van der Waals surface area contributed by atoms with Crippen molar-refractivity contribution in [3.8, 4) is 0 Å². The summed E-state index contributed by atoms with van der Waals surface area (Å²) >= 11 is 0. The number of aliphatic hydroxyl groups excluding tert-OH is 1. The van der Waals surface area contributed by atoms with Crippen LogP contribution in [0.25, 0.3) is 0 Å². The first-order chi connectivity index (χ1) is 6.66. The molecular formula is C11H18O3. The average molecular weight is 198 g/mol. The highest BCUT2D eigenvalue weighted by Crippen LogP contribution is 2.24. The molecule has 0 spiro atoms. The number of ether oxygens (including phenoxy) is 1. The van der Waals surface area contributed by atoms with Gasteiger partial charge in [0, 0.05) is 12.2 Å². The van der Waals surface area contributed by atoms with E-state index in [2.05, 4.69) is 0 Å². The normalized spacial score (nSPS) is 15.8. The second-order valence-corrected chi connectivity index (χ2v) is 3.67. The first-order valence-electron chi connectivity index (χ1n) is 4.98. The molecule has 1 N–H and O–H groups in total. The molecular weight excluding hydrogens is 180 g/mol. The van der Waals surface area contributed by atoms with Crippen LogP contribution in [0.2, 0.25) is 0 Å². The van der Waals surface area contributed by atoms with Crippen molar-refractivity contribution in [2.24, 2.45) is 5.92 Å². The lowest BCUT2D eigenvalue weighted by atomic mass is 9.98. The third kappa shape index (κ3) is 2.59. The maximum absolute atomic E-state index is 9.99. The summed E-state index contributed by atoms with van der Waals surface area (Å²) in [5.74, 6) is 0.278. The van der Waals surface area contributed by atoms with Gasteiger partial charge in [-0.1, -0.05) is 13.8 Å². The summed E-state index contributed by atoms with van der Waals surface area (Å²) in [6.45, 7) is 6.60. The van der Waals surface area contributed by atoms with E-state index in [9.17, 15) is 5.11 Å². The van der Waals surface area contributed by atoms with Crippen LogP contribution in [0.5, 0.6) is 0 Å². The number of aliphatic hydroxyl groups is 1. The van der Waals surface area contributed by atoms with E-state index in [4.69, 9.17) is 9.15 Å². The van der Waals surface area contributed by atoms with E-state index >= 15 is 0 Å². The van der Waals surface area contributed by atoms with Crippen LogP contribution < -0.4 is 0 Å². The molecule has 0 saturated carbocycles. The highest BCUT2D eigenvalue weighted by Gasteiger charge is 2.24. The van der Waals surface area contributed by atoms with Crippen molar-refractivity contribution in [2.45, 2.75) is 33.0 Å². The van der Waals surface area contributed by atoms with Crippen molar-refractivity contribution in [3.63, 3.8) is 0 Å². The molecule has 0 aromatic carbocycles. The second-order valence-electron chi connectivity index (χ2n) is 3.67. The van der Waals surface area contributed by atoms with Gasteiger partial charge in [-0.05, 0) is 18.9 Å². The van der Waals surface area contributed by atoms with Crippen molar-refractivity contribution in [1.82, 2.24) is 0 Å². The van der Waals surface area contributed by atoms with Crippen molar-refractivity contribution >= 4 is 0 Å². The van der Waals surface area contributed by atoms with Gasteiger partial charge in [0.2, 0.25) is 0 Å².